The molecule has 0 saturated carbocycles. The zero-order chi connectivity index (χ0) is 36.3. The van der Waals surface area contributed by atoms with Gasteiger partial charge in [-0.1, -0.05) is 152 Å². The van der Waals surface area contributed by atoms with Crippen LogP contribution in [0.5, 0.6) is 0 Å². The third-order valence-corrected chi connectivity index (χ3v) is 10.9. The van der Waals surface area contributed by atoms with Gasteiger partial charge in [-0.05, 0) is 81.6 Å². The highest BCUT2D eigenvalue weighted by Gasteiger charge is 2.24. The van der Waals surface area contributed by atoms with Gasteiger partial charge in [0.2, 0.25) is 0 Å². The average molecular weight is 704 g/mol. The van der Waals surface area contributed by atoms with E-state index >= 15 is 0 Å². The lowest BCUT2D eigenvalue weighted by Gasteiger charge is -2.28. The fourth-order valence-electron chi connectivity index (χ4n) is 8.20. The number of anilines is 3. The highest BCUT2D eigenvalue weighted by atomic mass is 16.3. The van der Waals surface area contributed by atoms with Gasteiger partial charge in [0.25, 0.3) is 0 Å². The molecule has 0 radical (unpaired) electrons. The van der Waals surface area contributed by atoms with Gasteiger partial charge in [-0.25, -0.2) is 0 Å². The fourth-order valence-corrected chi connectivity index (χ4v) is 8.20. The van der Waals surface area contributed by atoms with Crippen molar-refractivity contribution in [1.82, 2.24) is 0 Å². The predicted octanol–water partition coefficient (Wildman–Crippen LogP) is 15.1. The molecule has 0 aliphatic carbocycles. The molecule has 0 amide bonds. The number of fused-ring (bicyclic) bond motifs is 7. The minimum absolute atomic E-state index is 0.846. The Kier molecular flexibility index (Phi) is 7.17. The summed E-state index contributed by atoms with van der Waals surface area (Å²) in [5.41, 5.74) is 13.3. The van der Waals surface area contributed by atoms with Crippen LogP contribution in [0.2, 0.25) is 0 Å². The van der Waals surface area contributed by atoms with Gasteiger partial charge in [-0.3, -0.25) is 0 Å². The standard InChI is InChI=1S/C52H33NO2/c1-3-12-34(13-4-1)37-22-23-39-33-41(29-26-38(39)32-37)53(40-27-24-36(25-28-40)43-18-11-19-46-44-16-7-9-20-48(44)54-51(43)46)50-42(35-14-5-2-6-15-35)30-31-47-45-17-8-10-21-49(45)55-52(47)50/h1-33H. The summed E-state index contributed by atoms with van der Waals surface area (Å²) in [5.74, 6) is 0. The van der Waals surface area contributed by atoms with Crippen LogP contribution in [0.4, 0.5) is 17.1 Å². The molecule has 11 rings (SSSR count). The summed E-state index contributed by atoms with van der Waals surface area (Å²) in [4.78, 5) is 2.36. The average Bonchev–Trinajstić information content (AvgIpc) is 3.83. The van der Waals surface area contributed by atoms with Crippen LogP contribution in [0, 0.1) is 0 Å². The van der Waals surface area contributed by atoms with Gasteiger partial charge in [0.1, 0.15) is 16.7 Å². The van der Waals surface area contributed by atoms with Gasteiger partial charge in [-0.15, -0.1) is 0 Å². The molecule has 0 spiro atoms. The number of rotatable bonds is 6. The Hall–Kier alpha value is -7.36. The van der Waals surface area contributed by atoms with Crippen molar-refractivity contribution in [2.24, 2.45) is 0 Å². The van der Waals surface area contributed by atoms with E-state index in [9.17, 15) is 0 Å². The molecule has 11 aromatic rings. The molecule has 0 aliphatic rings. The van der Waals surface area contributed by atoms with Crippen LogP contribution in [0.1, 0.15) is 0 Å². The number of hydrogen-bond acceptors (Lipinski definition) is 3. The summed E-state index contributed by atoms with van der Waals surface area (Å²) >= 11 is 0. The molecule has 3 nitrogen and oxygen atoms in total. The maximum absolute atomic E-state index is 6.84. The van der Waals surface area contributed by atoms with Crippen LogP contribution in [-0.4, -0.2) is 0 Å². The van der Waals surface area contributed by atoms with E-state index in [0.29, 0.717) is 0 Å². The van der Waals surface area contributed by atoms with Gasteiger partial charge in [0.15, 0.2) is 5.58 Å². The molecule has 0 aliphatic heterocycles. The minimum atomic E-state index is 0.846. The molecule has 0 atom stereocenters. The van der Waals surface area contributed by atoms with Crippen LogP contribution in [0.25, 0.3) is 88.0 Å². The Labute approximate surface area is 317 Å². The first-order chi connectivity index (χ1) is 27.3. The summed E-state index contributed by atoms with van der Waals surface area (Å²) in [5, 5.41) is 6.77. The van der Waals surface area contributed by atoms with E-state index in [1.165, 1.54) is 16.5 Å². The van der Waals surface area contributed by atoms with Crippen LogP contribution in [0.15, 0.2) is 209 Å². The molecule has 9 aromatic carbocycles. The van der Waals surface area contributed by atoms with Crippen molar-refractivity contribution in [3.05, 3.63) is 200 Å². The smallest absolute Gasteiger partial charge is 0.160 e. The van der Waals surface area contributed by atoms with Crippen molar-refractivity contribution < 1.29 is 8.83 Å². The highest BCUT2D eigenvalue weighted by Crippen LogP contribution is 2.48. The number of furan rings is 2. The van der Waals surface area contributed by atoms with E-state index in [0.717, 1.165) is 88.6 Å². The Morgan fingerprint density at radius 1 is 0.309 bits per heavy atom. The Morgan fingerprint density at radius 3 is 1.60 bits per heavy atom. The fraction of sp³-hybridized carbons (Fsp3) is 0. The molecule has 0 saturated heterocycles. The largest absolute Gasteiger partial charge is 0.455 e. The first-order valence-electron chi connectivity index (χ1n) is 18.7. The van der Waals surface area contributed by atoms with E-state index < -0.39 is 0 Å². The van der Waals surface area contributed by atoms with Crippen molar-refractivity contribution >= 4 is 71.7 Å². The van der Waals surface area contributed by atoms with Gasteiger partial charge in [0, 0.05) is 44.0 Å². The van der Waals surface area contributed by atoms with E-state index in [4.69, 9.17) is 8.83 Å². The van der Waals surface area contributed by atoms with Gasteiger partial charge in [0.05, 0.1) is 5.69 Å². The number of para-hydroxylation sites is 3. The summed E-state index contributed by atoms with van der Waals surface area (Å²) < 4.78 is 13.3. The maximum atomic E-state index is 6.84. The lowest BCUT2D eigenvalue weighted by atomic mass is 9.97. The lowest BCUT2D eigenvalue weighted by molar-refractivity contribution is 0.669. The molecule has 0 fully saturated rings. The van der Waals surface area contributed by atoms with E-state index in [1.54, 1.807) is 0 Å². The van der Waals surface area contributed by atoms with E-state index in [1.807, 2.05) is 18.2 Å². The Bertz CT molecular complexity index is 3190. The lowest BCUT2D eigenvalue weighted by Crippen LogP contribution is -2.11. The zero-order valence-electron chi connectivity index (χ0n) is 29.8. The monoisotopic (exact) mass is 703 g/mol. The third kappa shape index (κ3) is 5.20. The normalized spacial score (nSPS) is 11.6. The van der Waals surface area contributed by atoms with Crippen molar-refractivity contribution in [2.75, 3.05) is 4.90 Å². The van der Waals surface area contributed by atoms with Crippen LogP contribution in [-0.2, 0) is 0 Å². The van der Waals surface area contributed by atoms with Crippen LogP contribution < -0.4 is 4.90 Å². The molecule has 2 heterocycles. The maximum Gasteiger partial charge on any atom is 0.160 e. The second kappa shape index (κ2) is 12.6. The molecular formula is C52H33NO2. The summed E-state index contributed by atoms with van der Waals surface area (Å²) in [7, 11) is 0. The predicted molar refractivity (Wildman–Crippen MR) is 229 cm³/mol. The van der Waals surface area contributed by atoms with Crippen LogP contribution in [0.3, 0.4) is 0 Å². The molecule has 258 valence electrons. The summed E-state index contributed by atoms with van der Waals surface area (Å²) in [6.45, 7) is 0. The first kappa shape index (κ1) is 31.2. The first-order valence-corrected chi connectivity index (χ1v) is 18.7. The SMILES string of the molecule is c1ccc(-c2ccc3cc(N(c4ccc(-c5cccc6c5oc5ccccc56)cc4)c4c(-c5ccccc5)ccc5c4oc4ccccc45)ccc3c2)cc1. The van der Waals surface area contributed by atoms with E-state index in [-0.39, 0.29) is 0 Å². The Morgan fingerprint density at radius 2 is 0.855 bits per heavy atom. The molecule has 0 N–H and O–H groups in total. The van der Waals surface area contributed by atoms with Crippen LogP contribution >= 0.6 is 0 Å². The molecule has 0 unspecified atom stereocenters. The topological polar surface area (TPSA) is 29.5 Å². The van der Waals surface area contributed by atoms with Crippen molar-refractivity contribution in [3.8, 4) is 33.4 Å². The molecule has 3 heteroatoms. The second-order valence-corrected chi connectivity index (χ2v) is 14.1. The quantitative estimate of drug-likeness (QED) is 0.173. The Balaban J connectivity index is 1.14. The van der Waals surface area contributed by atoms with E-state index in [2.05, 4.69) is 187 Å². The molecule has 2 aromatic heterocycles. The molecular weight excluding hydrogens is 671 g/mol. The second-order valence-electron chi connectivity index (χ2n) is 14.1. The minimum Gasteiger partial charge on any atom is -0.455 e. The zero-order valence-corrected chi connectivity index (χ0v) is 29.8. The number of hydrogen-bond donors (Lipinski definition) is 0. The molecule has 0 bridgehead atoms. The van der Waals surface area contributed by atoms with Crippen molar-refractivity contribution in [1.29, 1.82) is 0 Å². The number of nitrogens with zero attached hydrogens (tertiary/aromatic N) is 1. The van der Waals surface area contributed by atoms with Crippen molar-refractivity contribution in [2.45, 2.75) is 0 Å². The highest BCUT2D eigenvalue weighted by molar-refractivity contribution is 6.14. The summed E-state index contributed by atoms with van der Waals surface area (Å²) in [6.07, 6.45) is 0. The van der Waals surface area contributed by atoms with Gasteiger partial charge >= 0.3 is 0 Å². The van der Waals surface area contributed by atoms with Gasteiger partial charge < -0.3 is 13.7 Å². The third-order valence-electron chi connectivity index (χ3n) is 10.9. The summed E-state index contributed by atoms with van der Waals surface area (Å²) in [6, 6.07) is 70.9. The molecule has 55 heavy (non-hydrogen) atoms. The van der Waals surface area contributed by atoms with Crippen molar-refractivity contribution in [3.63, 3.8) is 0 Å². The van der Waals surface area contributed by atoms with Gasteiger partial charge in [-0.2, -0.15) is 0 Å². The number of benzene rings is 9.